The lowest BCUT2D eigenvalue weighted by molar-refractivity contribution is 0.174. The summed E-state index contributed by atoms with van der Waals surface area (Å²) in [6.45, 7) is 1.18. The molecule has 1 heterocycles. The molecule has 5 nitrogen and oxygen atoms in total. The van der Waals surface area contributed by atoms with Gasteiger partial charge in [-0.1, -0.05) is 6.07 Å². The van der Waals surface area contributed by atoms with Crippen molar-refractivity contribution in [2.75, 3.05) is 13.8 Å². The number of hydrogen-bond acceptors (Lipinski definition) is 4. The standard InChI is InChI=1S/C11H14N2O3/c1-13-9-4-3-8(6-12-7-15-2)5-10(9)16-11(13)14/h3-5,12H,6-7H2,1-2H3. The van der Waals surface area contributed by atoms with Crippen molar-refractivity contribution >= 4 is 11.1 Å². The first-order valence-electron chi connectivity index (χ1n) is 5.00. The highest BCUT2D eigenvalue weighted by molar-refractivity contribution is 5.73. The van der Waals surface area contributed by atoms with Gasteiger partial charge in [0.1, 0.15) is 0 Å². The van der Waals surface area contributed by atoms with Crippen LogP contribution >= 0.6 is 0 Å². The van der Waals surface area contributed by atoms with Crippen molar-refractivity contribution in [2.45, 2.75) is 6.54 Å². The molecule has 1 aromatic carbocycles. The van der Waals surface area contributed by atoms with E-state index in [1.165, 1.54) is 4.57 Å². The fraction of sp³-hybridized carbons (Fsp3) is 0.364. The molecule has 0 atom stereocenters. The number of benzene rings is 1. The molecular formula is C11H14N2O3. The number of oxazole rings is 1. The molecule has 1 aromatic heterocycles. The lowest BCUT2D eigenvalue weighted by Crippen LogP contribution is -2.15. The molecule has 2 rings (SSSR count). The van der Waals surface area contributed by atoms with Gasteiger partial charge in [-0.3, -0.25) is 9.88 Å². The Morgan fingerprint density at radius 2 is 2.31 bits per heavy atom. The lowest BCUT2D eigenvalue weighted by atomic mass is 10.2. The highest BCUT2D eigenvalue weighted by Crippen LogP contribution is 2.13. The Kier molecular flexibility index (Phi) is 3.07. The molecule has 0 saturated carbocycles. The third-order valence-corrected chi connectivity index (χ3v) is 2.43. The summed E-state index contributed by atoms with van der Waals surface area (Å²) < 4.78 is 11.5. The number of rotatable bonds is 4. The number of methoxy groups -OCH3 is 1. The first-order chi connectivity index (χ1) is 7.72. The van der Waals surface area contributed by atoms with E-state index >= 15 is 0 Å². The zero-order valence-electron chi connectivity index (χ0n) is 9.32. The van der Waals surface area contributed by atoms with Gasteiger partial charge in [0.15, 0.2) is 5.58 Å². The highest BCUT2D eigenvalue weighted by Gasteiger charge is 2.05. The zero-order valence-corrected chi connectivity index (χ0v) is 9.32. The molecule has 0 spiro atoms. The fourth-order valence-electron chi connectivity index (χ4n) is 1.59. The number of aryl methyl sites for hydroxylation is 1. The Morgan fingerprint density at radius 3 is 3.06 bits per heavy atom. The fourth-order valence-corrected chi connectivity index (χ4v) is 1.59. The van der Waals surface area contributed by atoms with Crippen molar-refractivity contribution in [3.63, 3.8) is 0 Å². The maximum atomic E-state index is 11.3. The third kappa shape index (κ3) is 2.00. The predicted molar refractivity (Wildman–Crippen MR) is 60.2 cm³/mol. The van der Waals surface area contributed by atoms with Crippen molar-refractivity contribution in [3.05, 3.63) is 34.3 Å². The molecule has 0 aliphatic heterocycles. The van der Waals surface area contributed by atoms with E-state index < -0.39 is 0 Å². The Morgan fingerprint density at radius 1 is 1.50 bits per heavy atom. The van der Waals surface area contributed by atoms with Crippen molar-refractivity contribution in [3.8, 4) is 0 Å². The van der Waals surface area contributed by atoms with Crippen LogP contribution < -0.4 is 11.1 Å². The van der Waals surface area contributed by atoms with Crippen molar-refractivity contribution < 1.29 is 9.15 Å². The molecule has 0 unspecified atom stereocenters. The van der Waals surface area contributed by atoms with Crippen LogP contribution in [0.5, 0.6) is 0 Å². The molecule has 0 fully saturated rings. The van der Waals surface area contributed by atoms with Gasteiger partial charge < -0.3 is 9.15 Å². The Hall–Kier alpha value is -1.59. The number of nitrogens with one attached hydrogen (secondary N) is 1. The third-order valence-electron chi connectivity index (χ3n) is 2.43. The molecule has 5 heteroatoms. The second-order valence-electron chi connectivity index (χ2n) is 3.59. The van der Waals surface area contributed by atoms with Crippen molar-refractivity contribution in [1.29, 1.82) is 0 Å². The molecule has 16 heavy (non-hydrogen) atoms. The SMILES string of the molecule is COCNCc1ccc2c(c1)oc(=O)n2C. The molecular weight excluding hydrogens is 208 g/mol. The number of nitrogens with zero attached hydrogens (tertiary/aromatic N) is 1. The number of ether oxygens (including phenoxy) is 1. The van der Waals surface area contributed by atoms with Crippen molar-refractivity contribution in [1.82, 2.24) is 9.88 Å². The molecule has 0 bridgehead atoms. The highest BCUT2D eigenvalue weighted by atomic mass is 16.5. The summed E-state index contributed by atoms with van der Waals surface area (Å²) in [5, 5.41) is 3.09. The van der Waals surface area contributed by atoms with Crippen LogP contribution in [0.4, 0.5) is 0 Å². The van der Waals surface area contributed by atoms with E-state index in [1.807, 2.05) is 18.2 Å². The van der Waals surface area contributed by atoms with Gasteiger partial charge in [0.2, 0.25) is 0 Å². The van der Waals surface area contributed by atoms with Crippen molar-refractivity contribution in [2.24, 2.45) is 7.05 Å². The molecule has 0 saturated heterocycles. The van der Waals surface area contributed by atoms with Gasteiger partial charge in [-0.05, 0) is 17.7 Å². The largest absolute Gasteiger partial charge is 0.419 e. The summed E-state index contributed by atoms with van der Waals surface area (Å²) >= 11 is 0. The minimum absolute atomic E-state index is 0.336. The summed E-state index contributed by atoms with van der Waals surface area (Å²) in [7, 11) is 3.32. The van der Waals surface area contributed by atoms with Gasteiger partial charge in [0.25, 0.3) is 0 Å². The second kappa shape index (κ2) is 4.51. The van der Waals surface area contributed by atoms with E-state index in [4.69, 9.17) is 9.15 Å². The topological polar surface area (TPSA) is 56.4 Å². The zero-order chi connectivity index (χ0) is 11.5. The van der Waals surface area contributed by atoms with E-state index in [9.17, 15) is 4.79 Å². The Balaban J connectivity index is 2.27. The molecule has 86 valence electrons. The van der Waals surface area contributed by atoms with E-state index in [-0.39, 0.29) is 5.76 Å². The van der Waals surface area contributed by atoms with Gasteiger partial charge in [-0.2, -0.15) is 0 Å². The van der Waals surface area contributed by atoms with Crippen LogP contribution in [0.1, 0.15) is 5.56 Å². The number of aromatic nitrogens is 1. The monoisotopic (exact) mass is 222 g/mol. The van der Waals surface area contributed by atoms with E-state index in [0.29, 0.717) is 18.9 Å². The molecule has 1 N–H and O–H groups in total. The van der Waals surface area contributed by atoms with Gasteiger partial charge >= 0.3 is 5.76 Å². The van der Waals surface area contributed by atoms with Gasteiger partial charge in [-0.25, -0.2) is 4.79 Å². The number of fused-ring (bicyclic) bond motifs is 1. The van der Waals surface area contributed by atoms with Gasteiger partial charge in [-0.15, -0.1) is 0 Å². The van der Waals surface area contributed by atoms with E-state index in [1.54, 1.807) is 14.2 Å². The summed E-state index contributed by atoms with van der Waals surface area (Å²) in [5.41, 5.74) is 2.48. The van der Waals surface area contributed by atoms with Crippen LogP contribution in [0, 0.1) is 0 Å². The summed E-state index contributed by atoms with van der Waals surface area (Å²) in [6, 6.07) is 5.70. The first-order valence-corrected chi connectivity index (χ1v) is 5.00. The van der Waals surface area contributed by atoms with Crippen LogP contribution in [0.25, 0.3) is 11.1 Å². The molecule has 0 radical (unpaired) electrons. The molecule has 0 aliphatic rings. The van der Waals surface area contributed by atoms with Gasteiger partial charge in [0, 0.05) is 20.7 Å². The second-order valence-corrected chi connectivity index (χ2v) is 3.59. The molecule has 0 amide bonds. The smallest absolute Gasteiger partial charge is 0.408 e. The quantitative estimate of drug-likeness (QED) is 0.614. The van der Waals surface area contributed by atoms with E-state index in [2.05, 4.69) is 5.32 Å². The first kappa shape index (κ1) is 10.9. The Bertz CT molecular complexity index is 542. The number of hydrogen-bond donors (Lipinski definition) is 1. The van der Waals surface area contributed by atoms with Crippen LogP contribution in [-0.2, 0) is 18.3 Å². The summed E-state index contributed by atoms with van der Waals surface area (Å²) in [4.78, 5) is 11.3. The van der Waals surface area contributed by atoms with Gasteiger partial charge in [0.05, 0.1) is 12.2 Å². The van der Waals surface area contributed by atoms with E-state index in [0.717, 1.165) is 11.1 Å². The lowest BCUT2D eigenvalue weighted by Gasteiger charge is -2.03. The van der Waals surface area contributed by atoms with Crippen LogP contribution in [-0.4, -0.2) is 18.4 Å². The predicted octanol–water partition coefficient (Wildman–Crippen LogP) is 0.825. The summed E-state index contributed by atoms with van der Waals surface area (Å²) in [5.74, 6) is -0.336. The van der Waals surface area contributed by atoms with Crippen LogP contribution in [0.2, 0.25) is 0 Å². The van der Waals surface area contributed by atoms with Crippen LogP contribution in [0.15, 0.2) is 27.4 Å². The maximum Gasteiger partial charge on any atom is 0.419 e. The molecule has 2 aromatic rings. The average Bonchev–Trinajstić information content (AvgIpc) is 2.55. The normalized spacial score (nSPS) is 11.1. The average molecular weight is 222 g/mol. The Labute approximate surface area is 92.6 Å². The minimum atomic E-state index is -0.336. The molecule has 0 aliphatic carbocycles. The summed E-state index contributed by atoms with van der Waals surface area (Å²) in [6.07, 6.45) is 0. The van der Waals surface area contributed by atoms with Crippen LogP contribution in [0.3, 0.4) is 0 Å². The minimum Gasteiger partial charge on any atom is -0.408 e. The maximum absolute atomic E-state index is 11.3.